The molecule has 0 saturated heterocycles. The van der Waals surface area contributed by atoms with E-state index in [1.807, 2.05) is 37.3 Å². The lowest BCUT2D eigenvalue weighted by molar-refractivity contribution is 0.373. The molecule has 14 heavy (non-hydrogen) atoms. The Balaban J connectivity index is 2.30. The summed E-state index contributed by atoms with van der Waals surface area (Å²) in [5.41, 5.74) is 2.06. The molecule has 1 radical (unpaired) electrons. The highest BCUT2D eigenvalue weighted by Gasteiger charge is 2.23. The summed E-state index contributed by atoms with van der Waals surface area (Å²) in [4.78, 5) is 0. The van der Waals surface area contributed by atoms with Gasteiger partial charge in [-0.2, -0.15) is 0 Å². The lowest BCUT2D eigenvalue weighted by Crippen LogP contribution is -2.07. The average molecular weight is 187 g/mol. The van der Waals surface area contributed by atoms with Gasteiger partial charge in [-0.05, 0) is 24.1 Å². The second-order valence-corrected chi connectivity index (χ2v) is 3.39. The maximum Gasteiger partial charge on any atom is 0.129 e. The van der Waals surface area contributed by atoms with E-state index in [9.17, 15) is 4.39 Å². The van der Waals surface area contributed by atoms with Crippen LogP contribution in [0, 0.1) is 6.07 Å². The van der Waals surface area contributed by atoms with Crippen LogP contribution in [-0.2, 0) is 0 Å². The molecular formula is C13H12F. The second kappa shape index (κ2) is 3.79. The third-order valence-corrected chi connectivity index (χ3v) is 2.47. The van der Waals surface area contributed by atoms with Crippen molar-refractivity contribution in [1.29, 1.82) is 0 Å². The zero-order valence-electron chi connectivity index (χ0n) is 8.07. The van der Waals surface area contributed by atoms with Crippen molar-refractivity contribution in [3.05, 3.63) is 53.6 Å². The lowest BCUT2D eigenvalue weighted by atomic mass is 9.96. The molecule has 0 aromatic heterocycles. The molecule has 0 amide bonds. The van der Waals surface area contributed by atoms with Gasteiger partial charge in [-0.15, -0.1) is 0 Å². The van der Waals surface area contributed by atoms with Gasteiger partial charge in [0.2, 0.25) is 0 Å². The van der Waals surface area contributed by atoms with Crippen molar-refractivity contribution in [2.75, 3.05) is 0 Å². The van der Waals surface area contributed by atoms with Crippen molar-refractivity contribution in [3.63, 3.8) is 0 Å². The van der Waals surface area contributed by atoms with Gasteiger partial charge in [-0.25, -0.2) is 4.39 Å². The molecule has 1 aromatic carbocycles. The van der Waals surface area contributed by atoms with E-state index in [0.717, 1.165) is 11.1 Å². The Morgan fingerprint density at radius 3 is 3.21 bits per heavy atom. The molecule has 1 heteroatoms. The van der Waals surface area contributed by atoms with Crippen molar-refractivity contribution in [1.82, 2.24) is 0 Å². The molecule has 0 aliphatic heterocycles. The van der Waals surface area contributed by atoms with Crippen molar-refractivity contribution < 1.29 is 4.39 Å². The number of fused-ring (bicyclic) bond motifs is 1. The van der Waals surface area contributed by atoms with Gasteiger partial charge in [-0.1, -0.05) is 42.5 Å². The molecule has 2 atom stereocenters. The summed E-state index contributed by atoms with van der Waals surface area (Å²) in [6.07, 6.45) is 6.27. The van der Waals surface area contributed by atoms with E-state index in [2.05, 4.69) is 6.07 Å². The van der Waals surface area contributed by atoms with Gasteiger partial charge in [0.1, 0.15) is 6.17 Å². The van der Waals surface area contributed by atoms with Crippen molar-refractivity contribution in [3.8, 4) is 0 Å². The summed E-state index contributed by atoms with van der Waals surface area (Å²) in [7, 11) is 0. The minimum atomic E-state index is -0.923. The number of halogens is 1. The Morgan fingerprint density at radius 2 is 2.43 bits per heavy atom. The highest BCUT2D eigenvalue weighted by atomic mass is 19.1. The summed E-state index contributed by atoms with van der Waals surface area (Å²) in [5.74, 6) is -0.126. The summed E-state index contributed by atoms with van der Waals surface area (Å²) < 4.78 is 13.6. The van der Waals surface area contributed by atoms with Crippen LogP contribution in [0.2, 0.25) is 0 Å². The Morgan fingerprint density at radius 1 is 1.57 bits per heavy atom. The Labute approximate surface area is 83.8 Å². The van der Waals surface area contributed by atoms with Crippen LogP contribution in [0.4, 0.5) is 4.39 Å². The van der Waals surface area contributed by atoms with E-state index in [0.29, 0.717) is 0 Å². The average Bonchev–Trinajstić information content (AvgIpc) is 2.61. The molecular weight excluding hydrogens is 175 g/mol. The van der Waals surface area contributed by atoms with Crippen molar-refractivity contribution >= 4 is 6.08 Å². The van der Waals surface area contributed by atoms with E-state index < -0.39 is 6.17 Å². The Kier molecular flexibility index (Phi) is 2.49. The molecule has 0 heterocycles. The zero-order chi connectivity index (χ0) is 9.97. The van der Waals surface area contributed by atoms with Crippen LogP contribution in [0.25, 0.3) is 6.08 Å². The fourth-order valence-corrected chi connectivity index (χ4v) is 1.78. The first kappa shape index (κ1) is 9.20. The normalized spacial score (nSPS) is 21.4. The summed E-state index contributed by atoms with van der Waals surface area (Å²) in [6, 6.07) is 8.82. The lowest BCUT2D eigenvalue weighted by Gasteiger charge is -2.12. The van der Waals surface area contributed by atoms with Crippen molar-refractivity contribution in [2.45, 2.75) is 19.0 Å². The van der Waals surface area contributed by atoms with Crippen LogP contribution < -0.4 is 0 Å². The topological polar surface area (TPSA) is 0 Å². The predicted octanol–water partition coefficient (Wildman–Crippen LogP) is 3.51. The summed E-state index contributed by atoms with van der Waals surface area (Å²) in [5, 5.41) is 0. The fraction of sp³-hybridized carbons (Fsp3) is 0.231. The van der Waals surface area contributed by atoms with Crippen LogP contribution >= 0.6 is 0 Å². The first-order chi connectivity index (χ1) is 6.83. The number of rotatable bonds is 2. The monoisotopic (exact) mass is 187 g/mol. The Hall–Kier alpha value is -1.37. The van der Waals surface area contributed by atoms with Gasteiger partial charge in [0.25, 0.3) is 0 Å². The standard InChI is InChI=1S/C13H12F/c1-2-5-13(14)12-9-8-10-6-3-4-7-11(10)12/h2-5,7-9,12-13H,1H3/b5-2+. The first-order valence-electron chi connectivity index (χ1n) is 4.78. The van der Waals surface area contributed by atoms with E-state index in [1.165, 1.54) is 0 Å². The van der Waals surface area contributed by atoms with Crippen LogP contribution in [-0.4, -0.2) is 6.17 Å². The molecule has 2 rings (SSSR count). The minimum absolute atomic E-state index is 0.126. The molecule has 0 saturated carbocycles. The van der Waals surface area contributed by atoms with Gasteiger partial charge >= 0.3 is 0 Å². The van der Waals surface area contributed by atoms with Gasteiger partial charge in [0.05, 0.1) is 0 Å². The minimum Gasteiger partial charge on any atom is -0.242 e. The van der Waals surface area contributed by atoms with Crippen LogP contribution in [0.5, 0.6) is 0 Å². The first-order valence-corrected chi connectivity index (χ1v) is 4.78. The maximum atomic E-state index is 13.6. The predicted molar refractivity (Wildman–Crippen MR) is 56.8 cm³/mol. The fourth-order valence-electron chi connectivity index (χ4n) is 1.78. The van der Waals surface area contributed by atoms with Crippen molar-refractivity contribution in [2.24, 2.45) is 0 Å². The molecule has 0 N–H and O–H groups in total. The van der Waals surface area contributed by atoms with E-state index in [1.54, 1.807) is 12.2 Å². The largest absolute Gasteiger partial charge is 0.242 e. The molecule has 1 aromatic rings. The number of hydrogen-bond acceptors (Lipinski definition) is 0. The third kappa shape index (κ3) is 1.50. The van der Waals surface area contributed by atoms with Crippen LogP contribution in [0.3, 0.4) is 0 Å². The highest BCUT2D eigenvalue weighted by Crippen LogP contribution is 2.33. The third-order valence-electron chi connectivity index (χ3n) is 2.47. The van der Waals surface area contributed by atoms with Gasteiger partial charge in [0.15, 0.2) is 0 Å². The zero-order valence-corrected chi connectivity index (χ0v) is 8.07. The van der Waals surface area contributed by atoms with Crippen LogP contribution in [0.15, 0.2) is 36.4 Å². The highest BCUT2D eigenvalue weighted by molar-refractivity contribution is 5.62. The number of benzene rings is 1. The van der Waals surface area contributed by atoms with E-state index in [-0.39, 0.29) is 5.92 Å². The smallest absolute Gasteiger partial charge is 0.129 e. The van der Waals surface area contributed by atoms with Gasteiger partial charge < -0.3 is 0 Å². The second-order valence-electron chi connectivity index (χ2n) is 3.39. The van der Waals surface area contributed by atoms with E-state index >= 15 is 0 Å². The van der Waals surface area contributed by atoms with Crippen LogP contribution in [0.1, 0.15) is 24.0 Å². The molecule has 1 aliphatic carbocycles. The van der Waals surface area contributed by atoms with Gasteiger partial charge in [-0.3, -0.25) is 0 Å². The Bertz CT molecular complexity index is 377. The number of allylic oxidation sites excluding steroid dienone is 3. The molecule has 0 bridgehead atoms. The molecule has 1 aliphatic rings. The molecule has 0 spiro atoms. The molecule has 71 valence electrons. The SMILES string of the molecule is C/C=C/C(F)C1C=Cc2[c]cccc21. The quantitative estimate of drug-likeness (QED) is 0.621. The summed E-state index contributed by atoms with van der Waals surface area (Å²) in [6.45, 7) is 1.84. The number of hydrogen-bond donors (Lipinski definition) is 0. The molecule has 0 fully saturated rings. The molecule has 2 unspecified atom stereocenters. The molecule has 0 nitrogen and oxygen atoms in total. The maximum absolute atomic E-state index is 13.6. The summed E-state index contributed by atoms with van der Waals surface area (Å²) >= 11 is 0. The van der Waals surface area contributed by atoms with E-state index in [4.69, 9.17) is 0 Å². The number of alkyl halides is 1. The van der Waals surface area contributed by atoms with Gasteiger partial charge in [0, 0.05) is 5.92 Å².